The van der Waals surface area contributed by atoms with Gasteiger partial charge in [0.05, 0.1) is 37.8 Å². The number of rotatable bonds is 5. The Morgan fingerprint density at radius 3 is 2.87 bits per heavy atom. The normalized spacial score (nSPS) is 19.6. The second-order valence-corrected chi connectivity index (χ2v) is 11.5. The van der Waals surface area contributed by atoms with Crippen LogP contribution in [0.1, 0.15) is 71.9 Å². The van der Waals surface area contributed by atoms with Crippen molar-refractivity contribution < 1.29 is 23.5 Å². The molecule has 234 valence electrons. The molecule has 1 saturated carbocycles. The highest BCUT2D eigenvalue weighted by molar-refractivity contribution is 5.97. The van der Waals surface area contributed by atoms with Crippen LogP contribution >= 0.6 is 0 Å². The number of hydrogen-bond acceptors (Lipinski definition) is 7. The molecule has 2 amide bonds. The van der Waals surface area contributed by atoms with Crippen molar-refractivity contribution in [2.24, 2.45) is 0 Å². The number of nitrogens with two attached hydrogens (primary N) is 1. The number of aromatic nitrogens is 3. The third-order valence-corrected chi connectivity index (χ3v) is 8.42. The first-order chi connectivity index (χ1) is 21.9. The summed E-state index contributed by atoms with van der Waals surface area (Å²) in [6.45, 7) is 1.17. The van der Waals surface area contributed by atoms with Gasteiger partial charge in [-0.05, 0) is 55.5 Å². The lowest BCUT2D eigenvalue weighted by molar-refractivity contribution is -0.123. The van der Waals surface area contributed by atoms with E-state index in [0.29, 0.717) is 37.6 Å². The largest absolute Gasteiger partial charge is 0.496 e. The molecule has 4 N–H and O–H groups in total. The highest BCUT2D eigenvalue weighted by atomic mass is 19.1. The molecule has 0 saturated heterocycles. The summed E-state index contributed by atoms with van der Waals surface area (Å²) in [5.41, 5.74) is 10.7. The number of halogens is 1. The SMILES string of the molecule is COc1ccc(F)cc1C(=O)NCc1ccc(-c2nc3n4c(cnc(N)c24)/C=C/CCOCCC(=O)N[C@@H]2CCC[C@@H]3C2)cc1. The number of nitrogens with one attached hydrogen (secondary N) is 2. The maximum absolute atomic E-state index is 13.8. The average Bonchev–Trinajstić information content (AvgIpc) is 3.46. The van der Waals surface area contributed by atoms with Crippen molar-refractivity contribution in [3.8, 4) is 17.0 Å². The monoisotopic (exact) mass is 612 g/mol. The molecule has 2 atom stereocenters. The molecule has 1 aliphatic carbocycles. The Hall–Kier alpha value is -4.77. The van der Waals surface area contributed by atoms with Crippen LogP contribution in [-0.2, 0) is 16.1 Å². The minimum absolute atomic E-state index is 0.0141. The van der Waals surface area contributed by atoms with Crippen molar-refractivity contribution in [1.82, 2.24) is 25.0 Å². The summed E-state index contributed by atoms with van der Waals surface area (Å²) in [4.78, 5) is 35.1. The summed E-state index contributed by atoms with van der Waals surface area (Å²) in [5.74, 6) is 0.771. The summed E-state index contributed by atoms with van der Waals surface area (Å²) in [7, 11) is 1.44. The molecular weight excluding hydrogens is 575 g/mol. The van der Waals surface area contributed by atoms with Crippen LogP contribution < -0.4 is 21.1 Å². The van der Waals surface area contributed by atoms with Gasteiger partial charge in [0.1, 0.15) is 34.4 Å². The van der Waals surface area contributed by atoms with E-state index in [1.165, 1.54) is 19.2 Å². The van der Waals surface area contributed by atoms with Crippen molar-refractivity contribution in [1.29, 1.82) is 0 Å². The van der Waals surface area contributed by atoms with Crippen molar-refractivity contribution in [3.05, 3.63) is 83.2 Å². The minimum atomic E-state index is -0.513. The van der Waals surface area contributed by atoms with Crippen LogP contribution in [0, 0.1) is 5.82 Å². The Bertz CT molecular complexity index is 1740. The van der Waals surface area contributed by atoms with Gasteiger partial charge < -0.3 is 25.8 Å². The van der Waals surface area contributed by atoms with Crippen molar-refractivity contribution in [2.75, 3.05) is 26.1 Å². The van der Waals surface area contributed by atoms with E-state index in [4.69, 9.17) is 20.2 Å². The number of nitrogens with zero attached hydrogens (tertiary/aromatic N) is 3. The maximum atomic E-state index is 13.8. The molecule has 45 heavy (non-hydrogen) atoms. The predicted octanol–water partition coefficient (Wildman–Crippen LogP) is 5.02. The predicted molar refractivity (Wildman–Crippen MR) is 169 cm³/mol. The number of imidazole rings is 1. The lowest BCUT2D eigenvalue weighted by Crippen LogP contribution is -2.38. The Labute approximate surface area is 260 Å². The number of hydrogen-bond donors (Lipinski definition) is 3. The topological polar surface area (TPSA) is 133 Å². The zero-order valence-electron chi connectivity index (χ0n) is 25.2. The zero-order chi connectivity index (χ0) is 31.3. The zero-order valence-corrected chi connectivity index (χ0v) is 25.2. The molecule has 1 aliphatic heterocycles. The van der Waals surface area contributed by atoms with Gasteiger partial charge in [-0.3, -0.25) is 14.0 Å². The molecule has 2 aromatic carbocycles. The number of amides is 2. The molecule has 10 nitrogen and oxygen atoms in total. The van der Waals surface area contributed by atoms with Gasteiger partial charge in [0.25, 0.3) is 5.91 Å². The van der Waals surface area contributed by atoms with Crippen molar-refractivity contribution >= 4 is 29.2 Å². The summed E-state index contributed by atoms with van der Waals surface area (Å²) in [6, 6.07) is 11.6. The Morgan fingerprint density at radius 2 is 2.04 bits per heavy atom. The fourth-order valence-corrected chi connectivity index (χ4v) is 6.18. The van der Waals surface area contributed by atoms with Crippen molar-refractivity contribution in [2.45, 2.75) is 57.0 Å². The number of nitrogen functional groups attached to an aromatic ring is 1. The Morgan fingerprint density at radius 1 is 1.20 bits per heavy atom. The molecule has 1 fully saturated rings. The van der Waals surface area contributed by atoms with E-state index in [0.717, 1.165) is 65.6 Å². The first-order valence-corrected chi connectivity index (χ1v) is 15.3. The van der Waals surface area contributed by atoms with Crippen LogP contribution in [0.4, 0.5) is 10.2 Å². The molecule has 0 radical (unpaired) electrons. The third-order valence-electron chi connectivity index (χ3n) is 8.42. The van der Waals surface area contributed by atoms with Crippen molar-refractivity contribution in [3.63, 3.8) is 0 Å². The molecule has 2 aliphatic rings. The summed E-state index contributed by atoms with van der Waals surface area (Å²) in [6.07, 6.45) is 10.5. The lowest BCUT2D eigenvalue weighted by Gasteiger charge is -2.29. The van der Waals surface area contributed by atoms with Gasteiger partial charge in [0.15, 0.2) is 0 Å². The number of carbonyl (C=O) groups excluding carboxylic acids is 2. The van der Waals surface area contributed by atoms with E-state index in [9.17, 15) is 14.0 Å². The molecule has 2 aromatic heterocycles. The summed E-state index contributed by atoms with van der Waals surface area (Å²) < 4.78 is 26.8. The van der Waals surface area contributed by atoms with Gasteiger partial charge >= 0.3 is 0 Å². The molecule has 0 spiro atoms. The highest BCUT2D eigenvalue weighted by Gasteiger charge is 2.30. The first kappa shape index (κ1) is 30.3. The van der Waals surface area contributed by atoms with E-state index in [-0.39, 0.29) is 30.0 Å². The van der Waals surface area contributed by atoms with Gasteiger partial charge in [-0.25, -0.2) is 14.4 Å². The van der Waals surface area contributed by atoms with Gasteiger partial charge in [-0.2, -0.15) is 0 Å². The van der Waals surface area contributed by atoms with Crippen LogP contribution in [-0.4, -0.2) is 52.5 Å². The first-order valence-electron chi connectivity index (χ1n) is 15.3. The maximum Gasteiger partial charge on any atom is 0.255 e. The Balaban J connectivity index is 1.32. The molecule has 6 rings (SSSR count). The summed E-state index contributed by atoms with van der Waals surface area (Å²) in [5, 5.41) is 6.04. The van der Waals surface area contributed by atoms with Gasteiger partial charge in [-0.1, -0.05) is 36.8 Å². The summed E-state index contributed by atoms with van der Waals surface area (Å²) >= 11 is 0. The second kappa shape index (κ2) is 13.5. The number of methoxy groups -OCH3 is 1. The minimum Gasteiger partial charge on any atom is -0.496 e. The van der Waals surface area contributed by atoms with Crippen LogP contribution in [0.2, 0.25) is 0 Å². The van der Waals surface area contributed by atoms with Gasteiger partial charge in [0.2, 0.25) is 5.91 Å². The lowest BCUT2D eigenvalue weighted by atomic mass is 9.85. The third kappa shape index (κ3) is 6.68. The Kier molecular flexibility index (Phi) is 9.06. The van der Waals surface area contributed by atoms with E-state index in [1.54, 1.807) is 6.20 Å². The van der Waals surface area contributed by atoms with E-state index in [2.05, 4.69) is 20.0 Å². The van der Waals surface area contributed by atoms with E-state index in [1.807, 2.05) is 36.4 Å². The number of benzene rings is 2. The number of ether oxygens (including phenoxy) is 2. The molecule has 4 aromatic rings. The fraction of sp³-hybridized carbons (Fsp3) is 0.353. The van der Waals surface area contributed by atoms with Crippen LogP contribution in [0.25, 0.3) is 22.9 Å². The quantitative estimate of drug-likeness (QED) is 0.288. The van der Waals surface area contributed by atoms with Crippen LogP contribution in [0.15, 0.2) is 54.7 Å². The fourth-order valence-electron chi connectivity index (χ4n) is 6.18. The highest BCUT2D eigenvalue weighted by Crippen LogP contribution is 2.38. The molecule has 11 heteroatoms. The van der Waals surface area contributed by atoms with Crippen LogP contribution in [0.3, 0.4) is 0 Å². The van der Waals surface area contributed by atoms with E-state index < -0.39 is 11.7 Å². The molecule has 3 heterocycles. The van der Waals surface area contributed by atoms with Crippen LogP contribution in [0.5, 0.6) is 5.75 Å². The smallest absolute Gasteiger partial charge is 0.255 e. The number of anilines is 1. The van der Waals surface area contributed by atoms with Gasteiger partial charge in [-0.15, -0.1) is 0 Å². The molecular formula is C34H37FN6O4. The number of fused-ring (bicyclic) bond motifs is 3. The average molecular weight is 613 g/mol. The number of carbonyl (C=O) groups is 2. The molecule has 0 unspecified atom stereocenters. The second-order valence-electron chi connectivity index (χ2n) is 11.5. The van der Waals surface area contributed by atoms with Gasteiger partial charge in [0, 0.05) is 30.5 Å². The molecule has 2 bridgehead atoms. The standard InChI is InChI=1S/C34H37FN6O4/c1-44-28-13-12-24(35)18-27(28)34(43)38-19-21-8-10-22(11-9-21)30-31-32(36)37-20-26-7-2-3-15-45-16-14-29(42)39-25-6-4-5-23(17-25)33(40-30)41(26)31/h2,7-13,18,20,23,25H,3-6,14-17,19H2,1H3,(H2,36,37)(H,38,43)(H,39,42)/b7-2+/t23-,25-/m1/s1. The van der Waals surface area contributed by atoms with E-state index >= 15 is 0 Å².